The molecule has 2 saturated heterocycles. The summed E-state index contributed by atoms with van der Waals surface area (Å²) in [5, 5.41) is 0. The average molecular weight is 396 g/mol. The Hall–Kier alpha value is -1.66. The first-order valence-electron chi connectivity index (χ1n) is 9.29. The molecule has 1 aromatic carbocycles. The molecule has 0 radical (unpaired) electrons. The fourth-order valence-corrected chi connectivity index (χ4v) is 4.54. The number of piperazine rings is 1. The highest BCUT2D eigenvalue weighted by atomic mass is 32.2. The van der Waals surface area contributed by atoms with Gasteiger partial charge in [-0.3, -0.25) is 4.90 Å². The number of sulfonamides is 1. The van der Waals surface area contributed by atoms with Crippen LogP contribution >= 0.6 is 0 Å². The molecule has 0 aliphatic carbocycles. The van der Waals surface area contributed by atoms with Crippen molar-refractivity contribution in [3.8, 4) is 11.8 Å². The predicted octanol–water partition coefficient (Wildman–Crippen LogP) is 1.00. The van der Waals surface area contributed by atoms with E-state index in [-0.39, 0.29) is 11.6 Å². The number of hydrogen-bond acceptors (Lipinski definition) is 5. The van der Waals surface area contributed by atoms with E-state index in [0.29, 0.717) is 39.1 Å². The maximum atomic E-state index is 13.0. The highest BCUT2D eigenvalue weighted by Gasteiger charge is 2.26. The van der Waals surface area contributed by atoms with Crippen molar-refractivity contribution in [2.75, 3.05) is 69.7 Å². The van der Waals surface area contributed by atoms with Gasteiger partial charge in [-0.15, -0.1) is 5.92 Å². The van der Waals surface area contributed by atoms with Gasteiger partial charge >= 0.3 is 0 Å². The number of hydrogen-bond donors (Lipinski definition) is 0. The lowest BCUT2D eigenvalue weighted by Gasteiger charge is -2.35. The fraction of sp³-hybridized carbons (Fsp3) is 0.579. The molecule has 0 aromatic heterocycles. The molecule has 2 heterocycles. The number of halogens is 1. The molecule has 148 valence electrons. The van der Waals surface area contributed by atoms with Gasteiger partial charge in [0.25, 0.3) is 0 Å². The van der Waals surface area contributed by atoms with Crippen LogP contribution in [0, 0.1) is 17.7 Å². The maximum Gasteiger partial charge on any atom is 0.215 e. The summed E-state index contributed by atoms with van der Waals surface area (Å²) in [5.74, 6) is 5.83. The fourth-order valence-electron chi connectivity index (χ4n) is 3.20. The number of ether oxygens (including phenoxy) is 1. The zero-order valence-corrected chi connectivity index (χ0v) is 16.3. The van der Waals surface area contributed by atoms with E-state index in [1.165, 1.54) is 16.4 Å². The van der Waals surface area contributed by atoms with Crippen LogP contribution in [0.15, 0.2) is 24.3 Å². The second kappa shape index (κ2) is 9.51. The number of nitrogens with zero attached hydrogens (tertiary/aromatic N) is 3. The molecule has 0 bridgehead atoms. The molecular formula is C19H26FN3O3S. The maximum absolute atomic E-state index is 13.0. The SMILES string of the molecule is O=S(=O)(CCC#CCN1CCOCC1)N1CCN(c2ccc(F)cc2)CC1. The van der Waals surface area contributed by atoms with Crippen molar-refractivity contribution in [2.24, 2.45) is 0 Å². The first-order chi connectivity index (χ1) is 13.0. The summed E-state index contributed by atoms with van der Waals surface area (Å²) >= 11 is 0. The Morgan fingerprint density at radius 3 is 2.30 bits per heavy atom. The molecule has 2 aliphatic rings. The Kier molecular flexibility index (Phi) is 7.07. The molecule has 6 nitrogen and oxygen atoms in total. The molecule has 2 fully saturated rings. The standard InChI is InChI=1S/C19H26FN3O3S/c20-18-4-6-19(7-5-18)22-9-11-23(12-10-22)27(24,25)17-3-1-2-8-21-13-15-26-16-14-21/h4-7H,3,8-17H2. The number of rotatable bonds is 5. The van der Waals surface area contributed by atoms with Crippen LogP contribution in [0.5, 0.6) is 0 Å². The van der Waals surface area contributed by atoms with Gasteiger partial charge in [-0.2, -0.15) is 4.31 Å². The summed E-state index contributed by atoms with van der Waals surface area (Å²) in [5.41, 5.74) is 0.919. The smallest absolute Gasteiger partial charge is 0.215 e. The zero-order valence-electron chi connectivity index (χ0n) is 15.4. The number of morpholine rings is 1. The summed E-state index contributed by atoms with van der Waals surface area (Å²) in [6, 6.07) is 6.30. The minimum absolute atomic E-state index is 0.0552. The summed E-state index contributed by atoms with van der Waals surface area (Å²) in [6.07, 6.45) is 0.352. The average Bonchev–Trinajstić information content (AvgIpc) is 2.69. The quantitative estimate of drug-likeness (QED) is 0.697. The van der Waals surface area contributed by atoms with Crippen LogP contribution in [0.1, 0.15) is 6.42 Å². The van der Waals surface area contributed by atoms with E-state index >= 15 is 0 Å². The molecule has 0 atom stereocenters. The van der Waals surface area contributed by atoms with Crippen LogP contribution in [0.4, 0.5) is 10.1 Å². The number of benzene rings is 1. The highest BCUT2D eigenvalue weighted by molar-refractivity contribution is 7.89. The van der Waals surface area contributed by atoms with Crippen molar-refractivity contribution >= 4 is 15.7 Å². The third kappa shape index (κ3) is 5.91. The van der Waals surface area contributed by atoms with E-state index in [0.717, 1.165) is 32.0 Å². The third-order valence-corrected chi connectivity index (χ3v) is 6.71. The molecule has 8 heteroatoms. The van der Waals surface area contributed by atoms with E-state index in [1.54, 1.807) is 12.1 Å². The molecule has 0 unspecified atom stereocenters. The molecule has 2 aliphatic heterocycles. The molecule has 0 spiro atoms. The molecule has 0 saturated carbocycles. The van der Waals surface area contributed by atoms with Crippen LogP contribution in [-0.4, -0.2) is 82.4 Å². The third-order valence-electron chi connectivity index (χ3n) is 4.84. The van der Waals surface area contributed by atoms with Gasteiger partial charge in [0.1, 0.15) is 5.82 Å². The Morgan fingerprint density at radius 2 is 1.63 bits per heavy atom. The molecule has 27 heavy (non-hydrogen) atoms. The first-order valence-corrected chi connectivity index (χ1v) is 10.9. The molecule has 0 N–H and O–H groups in total. The molecule has 0 amide bonds. The van der Waals surface area contributed by atoms with Crippen LogP contribution in [0.2, 0.25) is 0 Å². The normalized spacial score (nSPS) is 19.5. The summed E-state index contributed by atoms with van der Waals surface area (Å²) < 4.78 is 44.9. The predicted molar refractivity (Wildman–Crippen MR) is 104 cm³/mol. The van der Waals surface area contributed by atoms with Crippen LogP contribution < -0.4 is 4.90 Å². The lowest BCUT2D eigenvalue weighted by molar-refractivity contribution is 0.0443. The molecule has 3 rings (SSSR count). The van der Waals surface area contributed by atoms with Crippen molar-refractivity contribution in [3.05, 3.63) is 30.1 Å². The lowest BCUT2D eigenvalue weighted by atomic mass is 10.2. The van der Waals surface area contributed by atoms with Crippen molar-refractivity contribution in [3.63, 3.8) is 0 Å². The van der Waals surface area contributed by atoms with Crippen LogP contribution in [0.3, 0.4) is 0 Å². The van der Waals surface area contributed by atoms with Gasteiger partial charge in [0.05, 0.1) is 25.5 Å². The minimum Gasteiger partial charge on any atom is -0.379 e. The van der Waals surface area contributed by atoms with Gasteiger partial charge in [-0.25, -0.2) is 12.8 Å². The van der Waals surface area contributed by atoms with E-state index in [9.17, 15) is 12.8 Å². The Morgan fingerprint density at radius 1 is 0.963 bits per heavy atom. The van der Waals surface area contributed by atoms with Crippen molar-refractivity contribution < 1.29 is 17.5 Å². The van der Waals surface area contributed by atoms with E-state index < -0.39 is 10.0 Å². The minimum atomic E-state index is -3.29. The van der Waals surface area contributed by atoms with Gasteiger partial charge in [-0.1, -0.05) is 5.92 Å². The first kappa shape index (κ1) is 20.1. The van der Waals surface area contributed by atoms with Gasteiger partial charge in [0.2, 0.25) is 10.0 Å². The Labute approximate surface area is 160 Å². The molecule has 1 aromatic rings. The summed E-state index contributed by atoms with van der Waals surface area (Å²) in [7, 11) is -3.29. The lowest BCUT2D eigenvalue weighted by Crippen LogP contribution is -2.49. The Balaban J connectivity index is 1.42. The monoisotopic (exact) mass is 395 g/mol. The van der Waals surface area contributed by atoms with E-state index in [2.05, 4.69) is 21.6 Å². The van der Waals surface area contributed by atoms with Gasteiger partial charge in [0.15, 0.2) is 0 Å². The largest absolute Gasteiger partial charge is 0.379 e. The van der Waals surface area contributed by atoms with Crippen LogP contribution in [0.25, 0.3) is 0 Å². The summed E-state index contributed by atoms with van der Waals surface area (Å²) in [4.78, 5) is 4.28. The van der Waals surface area contributed by atoms with Gasteiger partial charge in [-0.05, 0) is 24.3 Å². The van der Waals surface area contributed by atoms with Gasteiger partial charge < -0.3 is 9.64 Å². The summed E-state index contributed by atoms with van der Waals surface area (Å²) in [6.45, 7) is 6.00. The molecular weight excluding hydrogens is 369 g/mol. The van der Waals surface area contributed by atoms with E-state index in [4.69, 9.17) is 4.74 Å². The second-order valence-electron chi connectivity index (χ2n) is 6.67. The number of anilines is 1. The highest BCUT2D eigenvalue weighted by Crippen LogP contribution is 2.18. The van der Waals surface area contributed by atoms with Crippen LogP contribution in [-0.2, 0) is 14.8 Å². The second-order valence-corrected chi connectivity index (χ2v) is 8.76. The van der Waals surface area contributed by atoms with E-state index in [1.807, 2.05) is 0 Å². The van der Waals surface area contributed by atoms with Gasteiger partial charge in [0, 0.05) is 51.4 Å². The van der Waals surface area contributed by atoms with Crippen molar-refractivity contribution in [1.29, 1.82) is 0 Å². The van der Waals surface area contributed by atoms with Crippen molar-refractivity contribution in [1.82, 2.24) is 9.21 Å². The van der Waals surface area contributed by atoms with Crippen molar-refractivity contribution in [2.45, 2.75) is 6.42 Å². The Bertz CT molecular complexity index is 760. The zero-order chi connectivity index (χ0) is 19.1. The topological polar surface area (TPSA) is 53.1 Å².